The van der Waals surface area contributed by atoms with Gasteiger partial charge in [-0.05, 0) is 85.7 Å². The van der Waals surface area contributed by atoms with Gasteiger partial charge in [-0.15, -0.1) is 0 Å². The fourth-order valence-corrected chi connectivity index (χ4v) is 6.87. The molecule has 57 heavy (non-hydrogen) atoms. The van der Waals surface area contributed by atoms with Gasteiger partial charge in [0.05, 0.1) is 23.5 Å². The first-order chi connectivity index (χ1) is 27.7. The van der Waals surface area contributed by atoms with E-state index < -0.39 is 0 Å². The molecule has 0 spiro atoms. The van der Waals surface area contributed by atoms with Crippen LogP contribution in [-0.2, 0) is 4.74 Å². The highest BCUT2D eigenvalue weighted by Gasteiger charge is 2.22. The molecule has 9 N–H and O–H groups in total. The molecule has 3 aromatic carbocycles. The van der Waals surface area contributed by atoms with Crippen LogP contribution in [0.1, 0.15) is 102 Å². The van der Waals surface area contributed by atoms with Crippen molar-refractivity contribution in [1.29, 1.82) is 10.8 Å². The zero-order valence-corrected chi connectivity index (χ0v) is 32.1. The summed E-state index contributed by atoms with van der Waals surface area (Å²) in [6, 6.07) is 23.6. The summed E-state index contributed by atoms with van der Waals surface area (Å²) in [5, 5.41) is 28.6. The minimum absolute atomic E-state index is 0. The lowest BCUT2D eigenvalue weighted by Gasteiger charge is -2.24. The Morgan fingerprint density at radius 1 is 0.737 bits per heavy atom. The highest BCUT2D eigenvalue weighted by Crippen LogP contribution is 2.30. The number of benzene rings is 3. The molecule has 7 rings (SSSR count). The molecule has 1 aliphatic heterocycles. The van der Waals surface area contributed by atoms with Gasteiger partial charge in [0.25, 0.3) is 11.8 Å². The summed E-state index contributed by atoms with van der Waals surface area (Å²) in [4.78, 5) is 39.3. The van der Waals surface area contributed by atoms with Crippen LogP contribution in [0.15, 0.2) is 97.5 Å². The SMILES string of the molecule is CC[C@@H](NC(=O)c1ccc(N)c(C=N)c1)c1nccc2c(NC3CCOCC3)nccc12.CC[C@@H](NC(=O)c1ccc(N)c(C=N)c1)c1nccc2ccccc12.[HH].[HH].[HH].[HH].[HH]. The molecule has 13 heteroatoms. The molecule has 1 aliphatic rings. The van der Waals surface area contributed by atoms with Crippen molar-refractivity contribution in [2.75, 3.05) is 30.0 Å². The molecular formula is C44H58N10O3. The molecular weight excluding hydrogens is 717 g/mol. The summed E-state index contributed by atoms with van der Waals surface area (Å²) in [6.45, 7) is 5.54. The van der Waals surface area contributed by atoms with Crippen molar-refractivity contribution < 1.29 is 21.5 Å². The minimum Gasteiger partial charge on any atom is -0.398 e. The van der Waals surface area contributed by atoms with Crippen molar-refractivity contribution in [1.82, 2.24) is 25.6 Å². The number of nitrogen functional groups attached to an aromatic ring is 2. The van der Waals surface area contributed by atoms with E-state index in [2.05, 4.69) is 30.9 Å². The third kappa shape index (κ3) is 9.39. The van der Waals surface area contributed by atoms with Crippen molar-refractivity contribution in [3.63, 3.8) is 0 Å². The smallest absolute Gasteiger partial charge is 0.251 e. The number of anilines is 3. The number of hydrogen-bond donors (Lipinski definition) is 7. The molecule has 0 saturated carbocycles. The maximum atomic E-state index is 12.9. The number of aromatic nitrogens is 3. The van der Waals surface area contributed by atoms with E-state index in [1.165, 1.54) is 0 Å². The van der Waals surface area contributed by atoms with Crippen molar-refractivity contribution in [3.8, 4) is 0 Å². The van der Waals surface area contributed by atoms with Gasteiger partial charge in [0.15, 0.2) is 0 Å². The van der Waals surface area contributed by atoms with Gasteiger partial charge in [-0.3, -0.25) is 19.6 Å². The Labute approximate surface area is 339 Å². The van der Waals surface area contributed by atoms with Crippen LogP contribution >= 0.6 is 0 Å². The quantitative estimate of drug-likeness (QED) is 0.0467. The Balaban J connectivity index is 0.000000588. The molecule has 0 radical (unpaired) electrons. The lowest BCUT2D eigenvalue weighted by molar-refractivity contribution is 0.0903. The average molecular weight is 775 g/mol. The maximum Gasteiger partial charge on any atom is 0.251 e. The van der Waals surface area contributed by atoms with E-state index >= 15 is 0 Å². The zero-order valence-electron chi connectivity index (χ0n) is 32.1. The molecule has 0 aliphatic carbocycles. The van der Waals surface area contributed by atoms with Gasteiger partial charge in [0, 0.05) is 107 Å². The number of nitrogens with one attached hydrogen (secondary N) is 5. The maximum absolute atomic E-state index is 12.9. The van der Waals surface area contributed by atoms with Gasteiger partial charge in [-0.1, -0.05) is 38.1 Å². The second kappa shape index (κ2) is 18.7. The second-order valence-electron chi connectivity index (χ2n) is 13.7. The van der Waals surface area contributed by atoms with Crippen molar-refractivity contribution in [3.05, 3.63) is 131 Å². The Morgan fingerprint density at radius 2 is 1.26 bits per heavy atom. The van der Waals surface area contributed by atoms with Crippen molar-refractivity contribution in [2.45, 2.75) is 57.7 Å². The Hall–Kier alpha value is -6.73. The number of carbonyl (C=O) groups excluding carboxylic acids is 2. The largest absolute Gasteiger partial charge is 0.398 e. The number of amides is 2. The molecule has 1 fully saturated rings. The van der Waals surface area contributed by atoms with Crippen LogP contribution in [0.4, 0.5) is 17.2 Å². The van der Waals surface area contributed by atoms with Crippen LogP contribution in [0, 0.1) is 10.8 Å². The second-order valence-corrected chi connectivity index (χ2v) is 13.7. The molecule has 302 valence electrons. The van der Waals surface area contributed by atoms with Gasteiger partial charge in [-0.2, -0.15) is 0 Å². The van der Waals surface area contributed by atoms with Crippen LogP contribution in [0.3, 0.4) is 0 Å². The summed E-state index contributed by atoms with van der Waals surface area (Å²) >= 11 is 0. The molecule has 2 atom stereocenters. The predicted molar refractivity (Wildman–Crippen MR) is 238 cm³/mol. The fourth-order valence-electron chi connectivity index (χ4n) is 6.87. The lowest BCUT2D eigenvalue weighted by Crippen LogP contribution is -2.29. The third-order valence-electron chi connectivity index (χ3n) is 10.1. The van der Waals surface area contributed by atoms with Gasteiger partial charge in [-0.25, -0.2) is 4.98 Å². The topological polar surface area (TPSA) is 218 Å². The number of ether oxygens (including phenoxy) is 1. The monoisotopic (exact) mass is 774 g/mol. The first kappa shape index (κ1) is 39.9. The summed E-state index contributed by atoms with van der Waals surface area (Å²) < 4.78 is 5.45. The zero-order chi connectivity index (χ0) is 40.3. The van der Waals surface area contributed by atoms with Crippen LogP contribution in [-0.4, -0.2) is 58.5 Å². The standard InChI is InChI=1S/C24H28N6O2.C20H20N4O.5H2/c1-2-21(30-24(31)15-3-4-20(26)16(13-15)14-25)22-18-5-10-28-23(19(18)6-9-27-22)29-17-7-11-32-12-8-17;1-2-18(19-16-6-4-3-5-13(16)9-10-23-19)24-20(25)14-7-8-17(22)15(11-14)12-21;;;;;/h3-6,9-10,13-14,17,21,25H,2,7-8,11-12,26H2,1H3,(H,28,29)(H,30,31);3-12,18,21H,2,22H2,1H3,(H,24,25);5*1H/t21-;18-;;;;;/m11...../s1. The summed E-state index contributed by atoms with van der Waals surface area (Å²) in [6.07, 6.45) is 10.9. The molecule has 3 aromatic heterocycles. The van der Waals surface area contributed by atoms with E-state index in [9.17, 15) is 9.59 Å². The Bertz CT molecular complexity index is 2410. The highest BCUT2D eigenvalue weighted by atomic mass is 16.5. The average Bonchev–Trinajstić information content (AvgIpc) is 3.25. The van der Waals surface area contributed by atoms with Crippen molar-refractivity contribution in [2.24, 2.45) is 0 Å². The van der Waals surface area contributed by atoms with E-state index in [0.717, 1.165) is 83.7 Å². The normalized spacial score (nSPS) is 13.8. The molecule has 2 amide bonds. The van der Waals surface area contributed by atoms with E-state index in [1.54, 1.807) is 55.0 Å². The first-order valence-electron chi connectivity index (χ1n) is 19.1. The Morgan fingerprint density at radius 3 is 1.84 bits per heavy atom. The number of fused-ring (bicyclic) bond motifs is 2. The van der Waals surface area contributed by atoms with Crippen LogP contribution in [0.2, 0.25) is 0 Å². The van der Waals surface area contributed by atoms with Gasteiger partial charge in [0.2, 0.25) is 0 Å². The predicted octanol–water partition coefficient (Wildman–Crippen LogP) is 8.61. The summed E-state index contributed by atoms with van der Waals surface area (Å²) in [5.74, 6) is 0.395. The Kier molecular flexibility index (Phi) is 13.1. The van der Waals surface area contributed by atoms with E-state index in [1.807, 2.05) is 56.3 Å². The number of pyridine rings is 3. The van der Waals surface area contributed by atoms with Gasteiger partial charge >= 0.3 is 0 Å². The highest BCUT2D eigenvalue weighted by molar-refractivity contribution is 5.99. The first-order valence-corrected chi connectivity index (χ1v) is 19.1. The van der Waals surface area contributed by atoms with Gasteiger partial charge < -0.3 is 43.0 Å². The van der Waals surface area contributed by atoms with E-state index in [4.69, 9.17) is 27.0 Å². The molecule has 0 unspecified atom stereocenters. The molecule has 4 heterocycles. The van der Waals surface area contributed by atoms with Crippen molar-refractivity contribution >= 4 is 63.0 Å². The molecule has 6 aromatic rings. The van der Waals surface area contributed by atoms with Crippen LogP contribution in [0.5, 0.6) is 0 Å². The van der Waals surface area contributed by atoms with Crippen LogP contribution in [0.25, 0.3) is 21.5 Å². The molecule has 13 nitrogen and oxygen atoms in total. The summed E-state index contributed by atoms with van der Waals surface area (Å²) in [7, 11) is 0. The number of hydrogen-bond acceptors (Lipinski definition) is 11. The molecule has 1 saturated heterocycles. The van der Waals surface area contributed by atoms with E-state index in [-0.39, 0.29) is 31.0 Å². The summed E-state index contributed by atoms with van der Waals surface area (Å²) in [5.41, 5.74) is 16.2. The lowest BCUT2D eigenvalue weighted by atomic mass is 10.0. The number of carbonyl (C=O) groups is 2. The number of nitrogens with two attached hydrogens (primary N) is 2. The van der Waals surface area contributed by atoms with E-state index in [0.29, 0.717) is 46.1 Å². The third-order valence-corrected chi connectivity index (χ3v) is 10.1. The minimum atomic E-state index is -0.273. The number of rotatable bonds is 12. The number of nitrogens with zero attached hydrogens (tertiary/aromatic N) is 3. The fraction of sp³-hybridized carbons (Fsp3) is 0.250. The van der Waals surface area contributed by atoms with Gasteiger partial charge in [0.1, 0.15) is 5.82 Å². The molecule has 0 bridgehead atoms. The van der Waals surface area contributed by atoms with Crippen LogP contribution < -0.4 is 27.4 Å².